The molecule has 1 aromatic rings. The summed E-state index contributed by atoms with van der Waals surface area (Å²) < 4.78 is 41.0. The number of para-hydroxylation sites is 1. The topological polar surface area (TPSA) is 41.6 Å². The molecule has 1 fully saturated rings. The Labute approximate surface area is 132 Å². The number of alkyl halides is 3. The van der Waals surface area contributed by atoms with Gasteiger partial charge in [0.15, 0.2) is 0 Å². The van der Waals surface area contributed by atoms with Crippen LogP contribution < -0.4 is 10.1 Å². The van der Waals surface area contributed by atoms with Gasteiger partial charge in [0.2, 0.25) is 5.91 Å². The number of halogens is 3. The molecule has 1 aromatic carbocycles. The lowest BCUT2D eigenvalue weighted by molar-refractivity contribution is -0.274. The summed E-state index contributed by atoms with van der Waals surface area (Å²) in [6.45, 7) is 2.16. The molecule has 1 saturated heterocycles. The highest BCUT2D eigenvalue weighted by Gasteiger charge is 2.31. The average molecular weight is 328 g/mol. The molecular weight excluding hydrogens is 309 g/mol. The molecule has 1 aliphatic heterocycles. The van der Waals surface area contributed by atoms with Crippen molar-refractivity contribution in [1.82, 2.24) is 10.2 Å². The predicted octanol–water partition coefficient (Wildman–Crippen LogP) is 2.67. The molecule has 23 heavy (non-hydrogen) atoms. The van der Waals surface area contributed by atoms with Crippen molar-refractivity contribution in [3.63, 3.8) is 0 Å². The Morgan fingerprint density at radius 1 is 1.43 bits per heavy atom. The molecule has 0 bridgehead atoms. The van der Waals surface area contributed by atoms with Crippen molar-refractivity contribution in [3.05, 3.63) is 35.9 Å². The molecule has 126 valence electrons. The molecule has 1 amide bonds. The van der Waals surface area contributed by atoms with E-state index in [1.807, 2.05) is 7.05 Å². The van der Waals surface area contributed by atoms with E-state index in [-0.39, 0.29) is 17.2 Å². The van der Waals surface area contributed by atoms with E-state index >= 15 is 0 Å². The minimum Gasteiger partial charge on any atom is -0.405 e. The van der Waals surface area contributed by atoms with Crippen LogP contribution in [0.15, 0.2) is 30.3 Å². The smallest absolute Gasteiger partial charge is 0.405 e. The highest BCUT2D eigenvalue weighted by Crippen LogP contribution is 2.27. The molecule has 1 heterocycles. The van der Waals surface area contributed by atoms with Gasteiger partial charge in [0.05, 0.1) is 0 Å². The molecule has 0 spiro atoms. The lowest BCUT2D eigenvalue weighted by Gasteiger charge is -2.14. The van der Waals surface area contributed by atoms with Crippen LogP contribution in [0.4, 0.5) is 13.2 Å². The first-order chi connectivity index (χ1) is 10.9. The highest BCUT2D eigenvalue weighted by molar-refractivity contribution is 5.92. The second kappa shape index (κ2) is 7.50. The fourth-order valence-electron chi connectivity index (χ4n) is 2.59. The third-order valence-electron chi connectivity index (χ3n) is 3.64. The summed E-state index contributed by atoms with van der Waals surface area (Å²) in [5, 5.41) is 3.08. The standard InChI is InChI=1S/C16H19F3N2O2/c1-20-10-12-8-9-21(11-12)15(22)7-6-13-4-2-3-5-14(13)23-16(17,18)19/h2-7,12,20H,8-11H2,1H3. The first-order valence-corrected chi connectivity index (χ1v) is 7.35. The second-order valence-corrected chi connectivity index (χ2v) is 5.42. The van der Waals surface area contributed by atoms with E-state index in [9.17, 15) is 18.0 Å². The van der Waals surface area contributed by atoms with Gasteiger partial charge in [-0.25, -0.2) is 0 Å². The minimum absolute atomic E-state index is 0.203. The normalized spacial score (nSPS) is 18.6. The summed E-state index contributed by atoms with van der Waals surface area (Å²) in [4.78, 5) is 13.8. The predicted molar refractivity (Wildman–Crippen MR) is 80.8 cm³/mol. The van der Waals surface area contributed by atoms with Crippen LogP contribution in [0.25, 0.3) is 6.08 Å². The van der Waals surface area contributed by atoms with Crippen LogP contribution in [-0.4, -0.2) is 43.9 Å². The maximum absolute atomic E-state index is 12.4. The quantitative estimate of drug-likeness (QED) is 0.845. The van der Waals surface area contributed by atoms with Gasteiger partial charge in [0.1, 0.15) is 5.75 Å². The van der Waals surface area contributed by atoms with E-state index in [1.54, 1.807) is 11.0 Å². The fraction of sp³-hybridized carbons (Fsp3) is 0.438. The fourth-order valence-corrected chi connectivity index (χ4v) is 2.59. The van der Waals surface area contributed by atoms with Crippen LogP contribution in [0.1, 0.15) is 12.0 Å². The summed E-state index contributed by atoms with van der Waals surface area (Å²) in [6, 6.07) is 5.73. The molecule has 1 aliphatic rings. The summed E-state index contributed by atoms with van der Waals surface area (Å²) >= 11 is 0. The van der Waals surface area contributed by atoms with Crippen LogP contribution >= 0.6 is 0 Å². The summed E-state index contributed by atoms with van der Waals surface area (Å²) in [5.74, 6) is -0.109. The zero-order valence-electron chi connectivity index (χ0n) is 12.8. The number of hydrogen-bond acceptors (Lipinski definition) is 3. The van der Waals surface area contributed by atoms with Gasteiger partial charge in [0, 0.05) is 24.7 Å². The monoisotopic (exact) mass is 328 g/mol. The number of nitrogens with zero attached hydrogens (tertiary/aromatic N) is 1. The second-order valence-electron chi connectivity index (χ2n) is 5.42. The zero-order chi connectivity index (χ0) is 16.9. The lowest BCUT2D eigenvalue weighted by Crippen LogP contribution is -2.28. The van der Waals surface area contributed by atoms with E-state index in [0.29, 0.717) is 19.0 Å². The number of nitrogens with one attached hydrogen (secondary N) is 1. The number of carbonyl (C=O) groups excluding carboxylic acids is 1. The van der Waals surface area contributed by atoms with Gasteiger partial charge in [-0.05, 0) is 38.1 Å². The van der Waals surface area contributed by atoms with Crippen molar-refractivity contribution >= 4 is 12.0 Å². The Morgan fingerprint density at radius 2 is 2.17 bits per heavy atom. The third-order valence-corrected chi connectivity index (χ3v) is 3.64. The van der Waals surface area contributed by atoms with E-state index in [2.05, 4.69) is 10.1 Å². The Balaban J connectivity index is 2.02. The average Bonchev–Trinajstić information content (AvgIpc) is 2.93. The molecule has 1 atom stereocenters. The number of rotatable bonds is 5. The molecule has 1 N–H and O–H groups in total. The Morgan fingerprint density at radius 3 is 2.87 bits per heavy atom. The first kappa shape index (κ1) is 17.3. The van der Waals surface area contributed by atoms with Gasteiger partial charge in [-0.1, -0.05) is 18.2 Å². The van der Waals surface area contributed by atoms with Crippen molar-refractivity contribution in [2.75, 3.05) is 26.7 Å². The zero-order valence-corrected chi connectivity index (χ0v) is 12.8. The number of amides is 1. The number of likely N-dealkylation sites (tertiary alicyclic amines) is 1. The summed E-state index contributed by atoms with van der Waals surface area (Å²) in [7, 11) is 1.86. The van der Waals surface area contributed by atoms with Crippen LogP contribution in [-0.2, 0) is 4.79 Å². The highest BCUT2D eigenvalue weighted by atomic mass is 19.4. The third kappa shape index (κ3) is 5.28. The molecule has 0 aromatic heterocycles. The van der Waals surface area contributed by atoms with Gasteiger partial charge in [-0.3, -0.25) is 4.79 Å². The number of carbonyl (C=O) groups is 1. The van der Waals surface area contributed by atoms with Gasteiger partial charge >= 0.3 is 6.36 Å². The summed E-state index contributed by atoms with van der Waals surface area (Å²) in [5.41, 5.74) is 0.212. The van der Waals surface area contributed by atoms with Crippen LogP contribution in [0.3, 0.4) is 0 Å². The van der Waals surface area contributed by atoms with Gasteiger partial charge in [-0.2, -0.15) is 0 Å². The molecule has 1 unspecified atom stereocenters. The largest absolute Gasteiger partial charge is 0.573 e. The van der Waals surface area contributed by atoms with Gasteiger partial charge < -0.3 is 15.0 Å². The number of hydrogen-bond donors (Lipinski definition) is 1. The molecular formula is C16H19F3N2O2. The minimum atomic E-state index is -4.76. The molecule has 0 saturated carbocycles. The van der Waals surface area contributed by atoms with E-state index in [1.165, 1.54) is 30.4 Å². The Bertz CT molecular complexity index is 573. The SMILES string of the molecule is CNCC1CCN(C(=O)C=Cc2ccccc2OC(F)(F)F)C1. The Hall–Kier alpha value is -2.02. The number of ether oxygens (including phenoxy) is 1. The van der Waals surface area contributed by atoms with Gasteiger partial charge in [0.25, 0.3) is 0 Å². The van der Waals surface area contributed by atoms with E-state index < -0.39 is 6.36 Å². The maximum atomic E-state index is 12.4. The molecule has 2 rings (SSSR count). The van der Waals surface area contributed by atoms with E-state index in [0.717, 1.165) is 13.0 Å². The van der Waals surface area contributed by atoms with E-state index in [4.69, 9.17) is 0 Å². The Kier molecular flexibility index (Phi) is 5.65. The van der Waals surface area contributed by atoms with Crippen molar-refractivity contribution in [1.29, 1.82) is 0 Å². The first-order valence-electron chi connectivity index (χ1n) is 7.35. The van der Waals surface area contributed by atoms with Crippen molar-refractivity contribution < 1.29 is 22.7 Å². The van der Waals surface area contributed by atoms with Gasteiger partial charge in [-0.15, -0.1) is 13.2 Å². The van der Waals surface area contributed by atoms with Crippen molar-refractivity contribution in [2.24, 2.45) is 5.92 Å². The molecule has 0 radical (unpaired) electrons. The molecule has 4 nitrogen and oxygen atoms in total. The lowest BCUT2D eigenvalue weighted by atomic mass is 10.1. The summed E-state index contributed by atoms with van der Waals surface area (Å²) in [6.07, 6.45) is -1.19. The van der Waals surface area contributed by atoms with Crippen LogP contribution in [0, 0.1) is 5.92 Å². The molecule has 7 heteroatoms. The maximum Gasteiger partial charge on any atom is 0.573 e. The molecule has 0 aliphatic carbocycles. The van der Waals surface area contributed by atoms with Crippen molar-refractivity contribution in [2.45, 2.75) is 12.8 Å². The number of benzene rings is 1. The van der Waals surface area contributed by atoms with Crippen molar-refractivity contribution in [3.8, 4) is 5.75 Å². The van der Waals surface area contributed by atoms with Crippen LogP contribution in [0.5, 0.6) is 5.75 Å². The van der Waals surface area contributed by atoms with Crippen LogP contribution in [0.2, 0.25) is 0 Å².